The minimum Gasteiger partial charge on any atom is -0.423 e. The van der Waals surface area contributed by atoms with Crippen LogP contribution in [-0.2, 0) is 6.42 Å². The third-order valence-electron chi connectivity index (χ3n) is 2.14. The van der Waals surface area contributed by atoms with Gasteiger partial charge in [0.2, 0.25) is 11.8 Å². The van der Waals surface area contributed by atoms with E-state index in [1.807, 2.05) is 0 Å². The van der Waals surface area contributed by atoms with Crippen molar-refractivity contribution in [2.24, 2.45) is 0 Å². The first-order valence-corrected chi connectivity index (χ1v) is 5.47. The summed E-state index contributed by atoms with van der Waals surface area (Å²) in [4.78, 5) is 0. The van der Waals surface area contributed by atoms with Crippen molar-refractivity contribution in [3.63, 3.8) is 0 Å². The third kappa shape index (κ3) is 3.22. The van der Waals surface area contributed by atoms with Crippen molar-refractivity contribution in [2.45, 2.75) is 18.0 Å². The second-order valence-corrected chi connectivity index (χ2v) is 4.04. The van der Waals surface area contributed by atoms with E-state index in [0.717, 1.165) is 0 Å². The van der Waals surface area contributed by atoms with Crippen molar-refractivity contribution >= 4 is 11.6 Å². The molecule has 0 spiro atoms. The van der Waals surface area contributed by atoms with Crippen molar-refractivity contribution in [1.29, 1.82) is 0 Å². The van der Waals surface area contributed by atoms with Gasteiger partial charge in [-0.25, -0.2) is 0 Å². The van der Waals surface area contributed by atoms with E-state index in [4.69, 9.17) is 16.0 Å². The number of halogens is 4. The van der Waals surface area contributed by atoms with Crippen LogP contribution in [0.2, 0.25) is 0 Å². The van der Waals surface area contributed by atoms with Gasteiger partial charge in [-0.1, -0.05) is 30.3 Å². The van der Waals surface area contributed by atoms with Gasteiger partial charge in [0.1, 0.15) is 11.8 Å². The average Bonchev–Trinajstić information content (AvgIpc) is 2.75. The predicted molar refractivity (Wildman–Crippen MR) is 58.2 cm³/mol. The van der Waals surface area contributed by atoms with Crippen LogP contribution in [0, 0.1) is 0 Å². The van der Waals surface area contributed by atoms with Crippen LogP contribution in [-0.4, -0.2) is 16.4 Å². The highest BCUT2D eigenvalue weighted by Crippen LogP contribution is 2.28. The molecule has 0 N–H and O–H groups in total. The SMILES string of the molecule is FC(F)(F)Cc1nnc(C(Cl)c2ccccc2)o1. The highest BCUT2D eigenvalue weighted by atomic mass is 35.5. The fourth-order valence-electron chi connectivity index (χ4n) is 1.38. The Hall–Kier alpha value is -1.56. The number of hydrogen-bond acceptors (Lipinski definition) is 3. The van der Waals surface area contributed by atoms with E-state index in [1.165, 1.54) is 0 Å². The first kappa shape index (κ1) is 12.9. The first-order chi connectivity index (χ1) is 8.46. The van der Waals surface area contributed by atoms with Crippen molar-refractivity contribution < 1.29 is 17.6 Å². The van der Waals surface area contributed by atoms with Gasteiger partial charge >= 0.3 is 6.18 Å². The molecule has 0 radical (unpaired) electrons. The van der Waals surface area contributed by atoms with Crippen LogP contribution in [0.3, 0.4) is 0 Å². The number of hydrogen-bond donors (Lipinski definition) is 0. The molecular weight excluding hydrogens is 269 g/mol. The van der Waals surface area contributed by atoms with Crippen LogP contribution in [0.1, 0.15) is 22.7 Å². The van der Waals surface area contributed by atoms with Crippen molar-refractivity contribution in [1.82, 2.24) is 10.2 Å². The van der Waals surface area contributed by atoms with Gasteiger partial charge in [0.25, 0.3) is 0 Å². The molecule has 18 heavy (non-hydrogen) atoms. The highest BCUT2D eigenvalue weighted by Gasteiger charge is 2.31. The van der Waals surface area contributed by atoms with Crippen molar-refractivity contribution in [3.05, 3.63) is 47.7 Å². The second kappa shape index (κ2) is 4.97. The number of rotatable bonds is 3. The molecule has 0 saturated heterocycles. The maximum Gasteiger partial charge on any atom is 0.397 e. The Bertz CT molecular complexity index is 513. The molecule has 0 fully saturated rings. The minimum absolute atomic E-state index is 0.0397. The third-order valence-corrected chi connectivity index (χ3v) is 2.58. The molecule has 2 aromatic rings. The van der Waals surface area contributed by atoms with E-state index < -0.39 is 23.9 Å². The predicted octanol–water partition coefficient (Wildman–Crippen LogP) is 3.50. The molecule has 0 aliphatic heterocycles. The normalized spacial score (nSPS) is 13.6. The highest BCUT2D eigenvalue weighted by molar-refractivity contribution is 6.22. The molecule has 3 nitrogen and oxygen atoms in total. The van der Waals surface area contributed by atoms with Gasteiger partial charge in [-0.3, -0.25) is 0 Å². The number of benzene rings is 1. The lowest BCUT2D eigenvalue weighted by Gasteiger charge is -2.04. The summed E-state index contributed by atoms with van der Waals surface area (Å²) in [6.07, 6.45) is -5.63. The van der Waals surface area contributed by atoms with Crippen LogP contribution in [0.15, 0.2) is 34.7 Å². The summed E-state index contributed by atoms with van der Waals surface area (Å²) >= 11 is 6.04. The Morgan fingerprint density at radius 1 is 1.17 bits per heavy atom. The fourth-order valence-corrected chi connectivity index (χ4v) is 1.61. The molecular formula is C11H8ClF3N2O. The Morgan fingerprint density at radius 2 is 1.83 bits per heavy atom. The summed E-state index contributed by atoms with van der Waals surface area (Å²) in [5, 5.41) is 6.11. The zero-order valence-corrected chi connectivity index (χ0v) is 9.74. The lowest BCUT2D eigenvalue weighted by Crippen LogP contribution is -2.11. The van der Waals surface area contributed by atoms with Gasteiger partial charge in [0.05, 0.1) is 0 Å². The molecule has 1 unspecified atom stereocenters. The summed E-state index contributed by atoms with van der Waals surface area (Å²) in [6.45, 7) is 0. The molecule has 96 valence electrons. The zero-order chi connectivity index (χ0) is 13.2. The molecule has 0 aliphatic carbocycles. The molecule has 1 heterocycles. The number of aromatic nitrogens is 2. The van der Waals surface area contributed by atoms with Gasteiger partial charge in [0, 0.05) is 0 Å². The van der Waals surface area contributed by atoms with Crippen LogP contribution in [0.5, 0.6) is 0 Å². The molecule has 2 rings (SSSR count). The largest absolute Gasteiger partial charge is 0.423 e. The zero-order valence-electron chi connectivity index (χ0n) is 8.99. The van der Waals surface area contributed by atoms with E-state index in [0.29, 0.717) is 5.56 Å². The summed E-state index contributed by atoms with van der Waals surface area (Å²) < 4.78 is 41.2. The fraction of sp³-hybridized carbons (Fsp3) is 0.273. The van der Waals surface area contributed by atoms with E-state index >= 15 is 0 Å². The molecule has 0 bridgehead atoms. The van der Waals surface area contributed by atoms with E-state index in [2.05, 4.69) is 10.2 Å². The number of nitrogens with zero attached hydrogens (tertiary/aromatic N) is 2. The van der Waals surface area contributed by atoms with Crippen LogP contribution in [0.25, 0.3) is 0 Å². The quantitative estimate of drug-likeness (QED) is 0.806. The Kier molecular flexibility index (Phi) is 3.56. The van der Waals surface area contributed by atoms with Gasteiger partial charge < -0.3 is 4.42 Å². The topological polar surface area (TPSA) is 38.9 Å². The first-order valence-electron chi connectivity index (χ1n) is 5.04. The molecule has 7 heteroatoms. The van der Waals surface area contributed by atoms with Crippen LogP contribution in [0.4, 0.5) is 13.2 Å². The maximum atomic E-state index is 12.1. The Morgan fingerprint density at radius 3 is 2.44 bits per heavy atom. The van der Waals surface area contributed by atoms with Crippen molar-refractivity contribution in [3.8, 4) is 0 Å². The summed E-state index contributed by atoms with van der Waals surface area (Å²) in [6, 6.07) is 8.78. The maximum absolute atomic E-state index is 12.1. The second-order valence-electron chi connectivity index (χ2n) is 3.60. The van der Waals surface area contributed by atoms with E-state index in [1.54, 1.807) is 30.3 Å². The molecule has 0 amide bonds. The minimum atomic E-state index is -4.38. The summed E-state index contributed by atoms with van der Waals surface area (Å²) in [7, 11) is 0. The van der Waals surface area contributed by atoms with Gasteiger partial charge in [-0.15, -0.1) is 21.8 Å². The van der Waals surface area contributed by atoms with Gasteiger partial charge in [0.15, 0.2) is 0 Å². The summed E-state index contributed by atoms with van der Waals surface area (Å²) in [5.41, 5.74) is 0.682. The standard InChI is InChI=1S/C11H8ClF3N2O/c12-9(7-4-2-1-3-5-7)10-17-16-8(18-10)6-11(13,14)15/h1-5,9H,6H2. The number of alkyl halides is 4. The smallest absolute Gasteiger partial charge is 0.397 e. The monoisotopic (exact) mass is 276 g/mol. The summed E-state index contributed by atoms with van der Waals surface area (Å²) in [5.74, 6) is -0.527. The van der Waals surface area contributed by atoms with E-state index in [9.17, 15) is 13.2 Å². The Balaban J connectivity index is 2.15. The lowest BCUT2D eigenvalue weighted by molar-refractivity contribution is -0.130. The molecule has 1 aromatic carbocycles. The Labute approximate surface area is 106 Å². The van der Waals surface area contributed by atoms with Crippen LogP contribution < -0.4 is 0 Å². The molecule has 1 aromatic heterocycles. The lowest BCUT2D eigenvalue weighted by atomic mass is 10.1. The molecule has 0 aliphatic rings. The van der Waals surface area contributed by atoms with E-state index in [-0.39, 0.29) is 5.89 Å². The molecule has 1 atom stereocenters. The average molecular weight is 277 g/mol. The van der Waals surface area contributed by atoms with Crippen molar-refractivity contribution in [2.75, 3.05) is 0 Å². The van der Waals surface area contributed by atoms with Crippen LogP contribution >= 0.6 is 11.6 Å². The van der Waals surface area contributed by atoms with Gasteiger partial charge in [-0.05, 0) is 5.56 Å². The van der Waals surface area contributed by atoms with Gasteiger partial charge in [-0.2, -0.15) is 13.2 Å². The molecule has 0 saturated carbocycles.